The van der Waals surface area contributed by atoms with Crippen molar-refractivity contribution in [2.75, 3.05) is 44.2 Å². The first-order chi connectivity index (χ1) is 16.3. The molecule has 2 saturated heterocycles. The Kier molecular flexibility index (Phi) is 10.7. The summed E-state index contributed by atoms with van der Waals surface area (Å²) >= 11 is 0. The Morgan fingerprint density at radius 1 is 0.806 bits per heavy atom. The van der Waals surface area contributed by atoms with Crippen LogP contribution in [-0.2, 0) is 15.8 Å². The van der Waals surface area contributed by atoms with Gasteiger partial charge < -0.3 is 20.2 Å². The molecule has 0 amide bonds. The first kappa shape index (κ1) is 31.2. The first-order valence-electron chi connectivity index (χ1n) is 9.88. The highest BCUT2D eigenvalue weighted by Gasteiger charge is 2.39. The maximum absolute atomic E-state index is 12.5. The minimum Gasteiger partial charge on any atom is -0.475 e. The fourth-order valence-electron chi connectivity index (χ4n) is 2.93. The number of aliphatic carboxylic acids is 2. The molecule has 1 unspecified atom stereocenters. The molecule has 0 aliphatic carbocycles. The molecule has 3 rings (SSSR count). The first-order valence-corrected chi connectivity index (χ1v) is 9.88. The number of hydrogen-bond acceptors (Lipinski definition) is 7. The number of carbonyl (C=O) groups is 2. The van der Waals surface area contributed by atoms with E-state index in [0.29, 0.717) is 25.5 Å². The molecular weight excluding hydrogens is 523 g/mol. The second-order valence-corrected chi connectivity index (χ2v) is 7.30. The molecule has 0 saturated carbocycles. The number of nitrogens with zero attached hydrogens (tertiary/aromatic N) is 4. The van der Waals surface area contributed by atoms with Crippen LogP contribution >= 0.6 is 0 Å². The van der Waals surface area contributed by atoms with Crippen LogP contribution < -0.4 is 4.90 Å². The van der Waals surface area contributed by atoms with Crippen molar-refractivity contribution in [1.82, 2.24) is 15.0 Å². The number of piperazine rings is 1. The number of aliphatic hydroxyl groups is 1. The van der Waals surface area contributed by atoms with Crippen molar-refractivity contribution < 1.29 is 64.4 Å². The smallest absolute Gasteiger partial charge is 0.475 e. The Morgan fingerprint density at radius 3 is 1.58 bits per heavy atom. The SMILES string of the molecule is O=C(O)C(F)(F)F.O=C(O)C(F)(F)F.OC1CCN(N2CCN(c3ccc(C(F)(F)F)cn3)CC2)C1. The van der Waals surface area contributed by atoms with Crippen LogP contribution in [0.15, 0.2) is 18.3 Å². The van der Waals surface area contributed by atoms with Crippen LogP contribution in [0, 0.1) is 0 Å². The third kappa shape index (κ3) is 10.4. The molecule has 36 heavy (non-hydrogen) atoms. The van der Waals surface area contributed by atoms with Gasteiger partial charge in [-0.2, -0.15) is 39.5 Å². The zero-order chi connectivity index (χ0) is 27.9. The number of aliphatic hydroxyl groups excluding tert-OH is 1. The van der Waals surface area contributed by atoms with Crippen LogP contribution in [-0.4, -0.2) is 100.0 Å². The second-order valence-electron chi connectivity index (χ2n) is 7.30. The topological polar surface area (TPSA) is 117 Å². The summed E-state index contributed by atoms with van der Waals surface area (Å²) in [4.78, 5) is 23.7. The minimum absolute atomic E-state index is 0.255. The summed E-state index contributed by atoms with van der Waals surface area (Å²) in [5, 5.41) is 28.2. The number of aromatic nitrogens is 1. The molecule has 3 heterocycles. The number of carboxylic acid groups (broad SMARTS) is 2. The minimum atomic E-state index is -5.08. The number of hydrazine groups is 1. The molecule has 1 atom stereocenters. The molecule has 0 bridgehead atoms. The third-order valence-corrected chi connectivity index (χ3v) is 4.68. The van der Waals surface area contributed by atoms with E-state index >= 15 is 0 Å². The van der Waals surface area contributed by atoms with Gasteiger partial charge in [-0.05, 0) is 18.6 Å². The van der Waals surface area contributed by atoms with E-state index in [-0.39, 0.29) is 6.10 Å². The number of halogens is 9. The normalized spacial score (nSPS) is 19.6. The molecule has 1 aromatic heterocycles. The average Bonchev–Trinajstić information content (AvgIpc) is 3.19. The van der Waals surface area contributed by atoms with Crippen LogP contribution in [0.2, 0.25) is 0 Å². The highest BCUT2D eigenvalue weighted by atomic mass is 19.4. The lowest BCUT2D eigenvalue weighted by molar-refractivity contribution is -0.193. The highest BCUT2D eigenvalue weighted by Crippen LogP contribution is 2.29. The summed E-state index contributed by atoms with van der Waals surface area (Å²) in [5.41, 5.74) is -0.721. The lowest BCUT2D eigenvalue weighted by Crippen LogP contribution is -2.53. The van der Waals surface area contributed by atoms with E-state index in [9.17, 15) is 44.6 Å². The zero-order valence-electron chi connectivity index (χ0n) is 18.1. The van der Waals surface area contributed by atoms with Crippen molar-refractivity contribution in [2.45, 2.75) is 31.1 Å². The molecule has 2 aliphatic heterocycles. The van der Waals surface area contributed by atoms with Gasteiger partial charge in [0.2, 0.25) is 0 Å². The predicted molar refractivity (Wildman–Crippen MR) is 103 cm³/mol. The molecule has 18 heteroatoms. The van der Waals surface area contributed by atoms with E-state index in [0.717, 1.165) is 38.3 Å². The monoisotopic (exact) mass is 544 g/mol. The molecule has 2 aliphatic rings. The van der Waals surface area contributed by atoms with Gasteiger partial charge in [0.1, 0.15) is 5.82 Å². The largest absolute Gasteiger partial charge is 0.490 e. The van der Waals surface area contributed by atoms with Gasteiger partial charge in [-0.1, -0.05) is 0 Å². The van der Waals surface area contributed by atoms with E-state index in [1.165, 1.54) is 6.07 Å². The Balaban J connectivity index is 0.000000383. The van der Waals surface area contributed by atoms with Gasteiger partial charge in [-0.25, -0.2) is 24.6 Å². The van der Waals surface area contributed by atoms with E-state index < -0.39 is 36.0 Å². The summed E-state index contributed by atoms with van der Waals surface area (Å²) < 4.78 is 101. The Hall–Kier alpha value is -2.86. The maximum Gasteiger partial charge on any atom is 0.490 e. The van der Waals surface area contributed by atoms with Crippen molar-refractivity contribution in [3.63, 3.8) is 0 Å². The fraction of sp³-hybridized carbons (Fsp3) is 0.611. The average molecular weight is 544 g/mol. The fourth-order valence-corrected chi connectivity index (χ4v) is 2.93. The highest BCUT2D eigenvalue weighted by molar-refractivity contribution is 5.73. The van der Waals surface area contributed by atoms with Crippen molar-refractivity contribution in [1.29, 1.82) is 0 Å². The van der Waals surface area contributed by atoms with Crippen LogP contribution in [0.3, 0.4) is 0 Å². The Morgan fingerprint density at radius 2 is 1.28 bits per heavy atom. The van der Waals surface area contributed by atoms with Gasteiger partial charge in [-0.15, -0.1) is 0 Å². The van der Waals surface area contributed by atoms with Gasteiger partial charge in [-0.3, -0.25) is 0 Å². The van der Waals surface area contributed by atoms with Gasteiger partial charge in [0.05, 0.1) is 11.7 Å². The summed E-state index contributed by atoms with van der Waals surface area (Å²) in [6.45, 7) is 4.53. The molecule has 9 nitrogen and oxygen atoms in total. The van der Waals surface area contributed by atoms with Crippen molar-refractivity contribution in [3.05, 3.63) is 23.9 Å². The van der Waals surface area contributed by atoms with Gasteiger partial charge in [0.25, 0.3) is 0 Å². The number of carboxylic acids is 2. The van der Waals surface area contributed by atoms with E-state index in [1.54, 1.807) is 0 Å². The van der Waals surface area contributed by atoms with Crippen LogP contribution in [0.5, 0.6) is 0 Å². The zero-order valence-corrected chi connectivity index (χ0v) is 18.1. The number of pyridine rings is 1. The van der Waals surface area contributed by atoms with Crippen LogP contribution in [0.1, 0.15) is 12.0 Å². The van der Waals surface area contributed by atoms with E-state index in [2.05, 4.69) is 15.0 Å². The third-order valence-electron chi connectivity index (χ3n) is 4.68. The molecular formula is C18H21F9N4O5. The second kappa shape index (κ2) is 12.4. The molecule has 0 radical (unpaired) electrons. The lowest BCUT2D eigenvalue weighted by atomic mass is 10.2. The summed E-state index contributed by atoms with van der Waals surface area (Å²) in [6, 6.07) is 2.50. The number of alkyl halides is 9. The number of hydrogen-bond donors (Lipinski definition) is 3. The standard InChI is InChI=1S/C14H19F3N4O.2C2HF3O2/c15-14(16,17)11-1-2-13(18-9-11)19-5-7-20(8-6-19)21-4-3-12(22)10-21;2*3-2(4,5)1(6)7/h1-2,9,12,22H,3-8,10H2;2*(H,6,7). The van der Waals surface area contributed by atoms with Crippen molar-refractivity contribution in [2.24, 2.45) is 0 Å². The lowest BCUT2D eigenvalue weighted by Gasteiger charge is -2.39. The van der Waals surface area contributed by atoms with Crippen molar-refractivity contribution >= 4 is 17.8 Å². The Bertz CT molecular complexity index is 830. The molecule has 1 aromatic rings. The molecule has 206 valence electrons. The van der Waals surface area contributed by atoms with Gasteiger partial charge in [0.15, 0.2) is 0 Å². The predicted octanol–water partition coefficient (Wildman–Crippen LogP) is 2.47. The summed E-state index contributed by atoms with van der Waals surface area (Å²) in [6.07, 6.45) is -13.1. The molecule has 0 spiro atoms. The molecule has 2 fully saturated rings. The molecule has 3 N–H and O–H groups in total. The summed E-state index contributed by atoms with van der Waals surface area (Å²) in [5.74, 6) is -4.94. The number of rotatable bonds is 2. The number of β-amino-alcohol motifs (C(OH)–C–C–N with tert-alkyl or cyclic N) is 1. The van der Waals surface area contributed by atoms with E-state index in [1.807, 2.05) is 4.90 Å². The van der Waals surface area contributed by atoms with Gasteiger partial charge in [0, 0.05) is 45.5 Å². The van der Waals surface area contributed by atoms with Crippen LogP contribution in [0.4, 0.5) is 45.3 Å². The van der Waals surface area contributed by atoms with Crippen molar-refractivity contribution in [3.8, 4) is 0 Å². The number of anilines is 1. The maximum atomic E-state index is 12.5. The quantitative estimate of drug-likeness (QED) is 0.483. The van der Waals surface area contributed by atoms with E-state index in [4.69, 9.17) is 19.8 Å². The molecule has 0 aromatic carbocycles. The summed E-state index contributed by atoms with van der Waals surface area (Å²) in [7, 11) is 0. The Labute approximate surface area is 197 Å². The van der Waals surface area contributed by atoms with Crippen LogP contribution in [0.25, 0.3) is 0 Å². The van der Waals surface area contributed by atoms with Gasteiger partial charge >= 0.3 is 30.5 Å².